The molecule has 21 heavy (non-hydrogen) atoms. The highest BCUT2D eigenvalue weighted by molar-refractivity contribution is 5.94. The quantitative estimate of drug-likeness (QED) is 0.887. The van der Waals surface area contributed by atoms with Gasteiger partial charge in [-0.1, -0.05) is 13.8 Å². The minimum atomic E-state index is -1.08. The van der Waals surface area contributed by atoms with E-state index in [1.165, 1.54) is 4.90 Å². The maximum Gasteiger partial charge on any atom is 0.329 e. The van der Waals surface area contributed by atoms with Crippen LogP contribution in [0.15, 0.2) is 6.20 Å². The van der Waals surface area contributed by atoms with Gasteiger partial charge in [0.25, 0.3) is 0 Å². The molecule has 0 aliphatic carbocycles. The Bertz CT molecular complexity index is 554. The monoisotopic (exact) mass is 294 g/mol. The maximum atomic E-state index is 12.5. The van der Waals surface area contributed by atoms with Gasteiger partial charge in [0.1, 0.15) is 5.54 Å². The third-order valence-electron chi connectivity index (χ3n) is 4.20. The molecular formula is C14H22N4O3. The number of hydrogen-bond donors (Lipinski definition) is 2. The number of carbonyl (C=O) groups excluding carboxylic acids is 1. The highest BCUT2D eigenvalue weighted by Crippen LogP contribution is 2.33. The lowest BCUT2D eigenvalue weighted by molar-refractivity contribution is -0.148. The molecule has 2 N–H and O–H groups in total. The molecule has 7 heteroatoms. The highest BCUT2D eigenvalue weighted by atomic mass is 16.4. The van der Waals surface area contributed by atoms with Gasteiger partial charge in [0.05, 0.1) is 11.4 Å². The normalized spacial score (nSPS) is 21.6. The number of amides is 2. The van der Waals surface area contributed by atoms with Gasteiger partial charge in [0.15, 0.2) is 0 Å². The molecule has 1 aliphatic rings. The first-order chi connectivity index (χ1) is 9.94. The molecule has 7 nitrogen and oxygen atoms in total. The molecule has 2 heterocycles. The second kappa shape index (κ2) is 5.75. The summed E-state index contributed by atoms with van der Waals surface area (Å²) in [4.78, 5) is 25.5. The van der Waals surface area contributed by atoms with Gasteiger partial charge in [-0.3, -0.25) is 4.68 Å². The van der Waals surface area contributed by atoms with E-state index in [9.17, 15) is 14.7 Å². The lowest BCUT2D eigenvalue weighted by Gasteiger charge is -2.33. The maximum absolute atomic E-state index is 12.5. The second-order valence-electron chi connectivity index (χ2n) is 5.39. The van der Waals surface area contributed by atoms with Crippen LogP contribution in [0, 0.1) is 0 Å². The van der Waals surface area contributed by atoms with Crippen LogP contribution in [-0.4, -0.2) is 43.9 Å². The van der Waals surface area contributed by atoms with E-state index >= 15 is 0 Å². The van der Waals surface area contributed by atoms with E-state index in [4.69, 9.17) is 0 Å². The molecule has 0 radical (unpaired) electrons. The van der Waals surface area contributed by atoms with Crippen molar-refractivity contribution in [3.05, 3.63) is 11.9 Å². The van der Waals surface area contributed by atoms with Crippen LogP contribution in [0.5, 0.6) is 0 Å². The van der Waals surface area contributed by atoms with Crippen LogP contribution < -0.4 is 5.32 Å². The molecule has 0 bridgehead atoms. The summed E-state index contributed by atoms with van der Waals surface area (Å²) in [7, 11) is 1.79. The number of carboxylic acids is 1. The molecule has 2 amide bonds. The fourth-order valence-electron chi connectivity index (χ4n) is 3.00. The Morgan fingerprint density at radius 2 is 2.19 bits per heavy atom. The van der Waals surface area contributed by atoms with Crippen molar-refractivity contribution >= 4 is 17.7 Å². The molecular weight excluding hydrogens is 272 g/mol. The minimum Gasteiger partial charge on any atom is -0.479 e. The number of likely N-dealkylation sites (tertiary alicyclic amines) is 1. The summed E-state index contributed by atoms with van der Waals surface area (Å²) < 4.78 is 1.64. The van der Waals surface area contributed by atoms with Gasteiger partial charge in [-0.05, 0) is 25.7 Å². The highest BCUT2D eigenvalue weighted by Gasteiger charge is 2.48. The molecule has 1 unspecified atom stereocenters. The molecule has 1 aromatic rings. The topological polar surface area (TPSA) is 87.5 Å². The molecule has 2 rings (SSSR count). The summed E-state index contributed by atoms with van der Waals surface area (Å²) in [5, 5.41) is 16.6. The number of aliphatic carboxylic acids is 1. The predicted molar refractivity (Wildman–Crippen MR) is 78.2 cm³/mol. The van der Waals surface area contributed by atoms with E-state index in [0.29, 0.717) is 37.9 Å². The summed E-state index contributed by atoms with van der Waals surface area (Å²) >= 11 is 0. The summed E-state index contributed by atoms with van der Waals surface area (Å²) in [6, 6.07) is -0.362. The van der Waals surface area contributed by atoms with E-state index < -0.39 is 11.5 Å². The molecule has 0 spiro atoms. The molecule has 116 valence electrons. The Balaban J connectivity index is 2.21. The SMILES string of the molecule is CCc1nn(C)cc1NC(=O)N1CCCC1(CC)C(=O)O. The van der Waals surface area contributed by atoms with Gasteiger partial charge in [-0.15, -0.1) is 0 Å². The first-order valence-corrected chi connectivity index (χ1v) is 7.29. The van der Waals surface area contributed by atoms with E-state index in [1.54, 1.807) is 24.9 Å². The van der Waals surface area contributed by atoms with Crippen LogP contribution >= 0.6 is 0 Å². The average Bonchev–Trinajstić information content (AvgIpc) is 3.02. The zero-order valence-electron chi connectivity index (χ0n) is 12.7. The van der Waals surface area contributed by atoms with Crippen molar-refractivity contribution < 1.29 is 14.7 Å². The number of aromatic nitrogens is 2. The van der Waals surface area contributed by atoms with Crippen molar-refractivity contribution in [2.75, 3.05) is 11.9 Å². The van der Waals surface area contributed by atoms with Gasteiger partial charge >= 0.3 is 12.0 Å². The summed E-state index contributed by atoms with van der Waals surface area (Å²) in [5.41, 5.74) is 0.355. The zero-order valence-corrected chi connectivity index (χ0v) is 12.7. The number of nitrogens with zero attached hydrogens (tertiary/aromatic N) is 3. The summed E-state index contributed by atoms with van der Waals surface area (Å²) in [6.45, 7) is 4.23. The van der Waals surface area contributed by atoms with E-state index in [2.05, 4.69) is 10.4 Å². The Morgan fingerprint density at radius 3 is 2.76 bits per heavy atom. The van der Waals surface area contributed by atoms with Gasteiger partial charge in [-0.25, -0.2) is 9.59 Å². The van der Waals surface area contributed by atoms with Gasteiger partial charge in [0.2, 0.25) is 0 Å². The Labute approximate surface area is 123 Å². The number of carboxylic acid groups (broad SMARTS) is 1. The van der Waals surface area contributed by atoms with Crippen molar-refractivity contribution in [3.8, 4) is 0 Å². The molecule has 1 fully saturated rings. The lowest BCUT2D eigenvalue weighted by Crippen LogP contribution is -2.54. The summed E-state index contributed by atoms with van der Waals surface area (Å²) in [6.07, 6.45) is 4.06. The molecule has 1 atom stereocenters. The number of urea groups is 1. The Morgan fingerprint density at radius 1 is 1.48 bits per heavy atom. The van der Waals surface area contributed by atoms with Crippen LogP contribution in [0.25, 0.3) is 0 Å². The lowest BCUT2D eigenvalue weighted by atomic mass is 9.93. The van der Waals surface area contributed by atoms with Gasteiger partial charge < -0.3 is 15.3 Å². The van der Waals surface area contributed by atoms with Crippen molar-refractivity contribution in [2.45, 2.75) is 45.1 Å². The Kier molecular flexibility index (Phi) is 4.20. The van der Waals surface area contributed by atoms with Crippen LogP contribution in [0.1, 0.15) is 38.8 Å². The van der Waals surface area contributed by atoms with Crippen molar-refractivity contribution in [1.82, 2.24) is 14.7 Å². The van der Waals surface area contributed by atoms with Crippen LogP contribution in [-0.2, 0) is 18.3 Å². The van der Waals surface area contributed by atoms with Crippen LogP contribution in [0.2, 0.25) is 0 Å². The number of rotatable bonds is 4. The number of anilines is 1. The van der Waals surface area contributed by atoms with Crippen molar-refractivity contribution in [2.24, 2.45) is 7.05 Å². The molecule has 1 aromatic heterocycles. The zero-order chi connectivity index (χ0) is 15.6. The minimum absolute atomic E-state index is 0.362. The van der Waals surface area contributed by atoms with Crippen molar-refractivity contribution in [1.29, 1.82) is 0 Å². The molecule has 1 saturated heterocycles. The smallest absolute Gasteiger partial charge is 0.329 e. The number of hydrogen-bond acceptors (Lipinski definition) is 3. The Hall–Kier alpha value is -2.05. The second-order valence-corrected chi connectivity index (χ2v) is 5.39. The van der Waals surface area contributed by atoms with E-state index in [1.807, 2.05) is 6.92 Å². The summed E-state index contributed by atoms with van der Waals surface area (Å²) in [5.74, 6) is -0.931. The average molecular weight is 294 g/mol. The predicted octanol–water partition coefficient (Wildman–Crippen LogP) is 1.84. The first-order valence-electron chi connectivity index (χ1n) is 7.29. The van der Waals surface area contributed by atoms with Gasteiger partial charge in [-0.2, -0.15) is 5.10 Å². The first kappa shape index (κ1) is 15.3. The molecule has 0 saturated carbocycles. The third kappa shape index (κ3) is 2.59. The number of carbonyl (C=O) groups is 2. The fraction of sp³-hybridized carbons (Fsp3) is 0.643. The standard InChI is InChI=1S/C14H22N4O3/c1-4-10-11(9-17(3)16-10)15-13(21)18-8-6-7-14(18,5-2)12(19)20/h9H,4-8H2,1-3H3,(H,15,21)(H,19,20). The molecule has 1 aliphatic heterocycles. The largest absolute Gasteiger partial charge is 0.479 e. The van der Waals surface area contributed by atoms with E-state index in [-0.39, 0.29) is 6.03 Å². The van der Waals surface area contributed by atoms with Crippen molar-refractivity contribution in [3.63, 3.8) is 0 Å². The van der Waals surface area contributed by atoms with Crippen LogP contribution in [0.4, 0.5) is 10.5 Å². The van der Waals surface area contributed by atoms with Crippen LogP contribution in [0.3, 0.4) is 0 Å². The number of aryl methyl sites for hydroxylation is 2. The number of nitrogens with one attached hydrogen (secondary N) is 1. The fourth-order valence-corrected chi connectivity index (χ4v) is 3.00. The van der Waals surface area contributed by atoms with E-state index in [0.717, 1.165) is 5.69 Å². The molecule has 0 aromatic carbocycles. The van der Waals surface area contributed by atoms with Gasteiger partial charge in [0, 0.05) is 19.8 Å². The third-order valence-corrected chi connectivity index (χ3v) is 4.20.